The minimum Gasteiger partial charge on any atom is -0.726 e. The minimum atomic E-state index is -4.92. The first kappa shape index (κ1) is 21.7. The van der Waals surface area contributed by atoms with E-state index in [0.29, 0.717) is 0 Å². The fraction of sp³-hybridized carbons (Fsp3) is 0.368. The number of halogens is 1. The van der Waals surface area contributed by atoms with Crippen molar-refractivity contribution in [3.8, 4) is 0 Å². The van der Waals surface area contributed by atoms with Gasteiger partial charge in [-0.2, -0.15) is 0 Å². The van der Waals surface area contributed by atoms with Crippen LogP contribution in [0.25, 0.3) is 5.65 Å². The molecule has 1 saturated carbocycles. The molecule has 1 aliphatic carbocycles. The highest BCUT2D eigenvalue weighted by Crippen LogP contribution is 2.48. The van der Waals surface area contributed by atoms with E-state index in [0.717, 1.165) is 34.9 Å². The first-order chi connectivity index (χ1) is 13.4. The van der Waals surface area contributed by atoms with Crippen molar-refractivity contribution in [1.82, 2.24) is 14.6 Å². The molecule has 2 heterocycles. The van der Waals surface area contributed by atoms with Crippen molar-refractivity contribution >= 4 is 27.6 Å². The van der Waals surface area contributed by atoms with Crippen molar-refractivity contribution in [2.24, 2.45) is 0 Å². The van der Waals surface area contributed by atoms with E-state index in [1.165, 1.54) is 12.0 Å². The van der Waals surface area contributed by atoms with Gasteiger partial charge in [0.1, 0.15) is 5.82 Å². The van der Waals surface area contributed by atoms with Crippen LogP contribution in [0.2, 0.25) is 5.02 Å². The van der Waals surface area contributed by atoms with Gasteiger partial charge in [-0.3, -0.25) is 8.95 Å². The smallest absolute Gasteiger partial charge is 0.215 e. The topological polar surface area (TPSA) is 128 Å². The molecule has 0 spiro atoms. The first-order valence-electron chi connectivity index (χ1n) is 8.93. The second-order valence-corrected chi connectivity index (χ2v) is 8.86. The van der Waals surface area contributed by atoms with E-state index in [4.69, 9.17) is 29.1 Å². The predicted octanol–water partition coefficient (Wildman–Crippen LogP) is 3.08. The van der Waals surface area contributed by atoms with Crippen LogP contribution in [0.4, 0.5) is 0 Å². The number of hydrogen-bond acceptors (Lipinski definition) is 6. The Hall–Kier alpha value is -2.04. The van der Waals surface area contributed by atoms with Crippen LogP contribution in [-0.2, 0) is 21.4 Å². The second kappa shape index (κ2) is 7.66. The normalized spacial score (nSPS) is 16.1. The largest absolute Gasteiger partial charge is 0.726 e. The zero-order valence-electron chi connectivity index (χ0n) is 15.9. The molecule has 1 fully saturated rings. The molecular weight excluding hydrogens is 418 g/mol. The fourth-order valence-electron chi connectivity index (χ4n) is 3.66. The SMILES string of the molecule is CC(C)(O)c1cccn2c(C3(c4ccc(Cl)cc4)CCC3)nnc12.O=S(=O)([O-])O. The number of hydrogen-bond donors (Lipinski definition) is 2. The molecule has 2 aromatic heterocycles. The third-order valence-electron chi connectivity index (χ3n) is 5.13. The monoisotopic (exact) mass is 438 g/mol. The van der Waals surface area contributed by atoms with Gasteiger partial charge in [0.15, 0.2) is 5.65 Å². The zero-order valence-corrected chi connectivity index (χ0v) is 17.5. The lowest BCUT2D eigenvalue weighted by molar-refractivity contribution is 0.0796. The van der Waals surface area contributed by atoms with Gasteiger partial charge in [0.2, 0.25) is 10.4 Å². The number of nitrogens with zero attached hydrogens (tertiary/aromatic N) is 3. The fourth-order valence-corrected chi connectivity index (χ4v) is 3.79. The summed E-state index contributed by atoms with van der Waals surface area (Å²) in [6, 6.07) is 11.9. The van der Waals surface area contributed by atoms with Crippen molar-refractivity contribution in [2.45, 2.75) is 44.1 Å². The molecule has 0 radical (unpaired) electrons. The van der Waals surface area contributed by atoms with Crippen molar-refractivity contribution in [3.05, 3.63) is 64.6 Å². The minimum absolute atomic E-state index is 0.123. The highest BCUT2D eigenvalue weighted by atomic mass is 35.5. The Morgan fingerprint density at radius 1 is 1.17 bits per heavy atom. The molecule has 0 aliphatic heterocycles. The second-order valence-electron chi connectivity index (χ2n) is 7.57. The molecule has 1 aliphatic rings. The molecular formula is C19H21ClN3O5S-. The Kier molecular flexibility index (Phi) is 5.72. The summed E-state index contributed by atoms with van der Waals surface area (Å²) in [5, 5.41) is 20.1. The molecule has 0 unspecified atom stereocenters. The maximum atomic E-state index is 10.4. The summed E-state index contributed by atoms with van der Waals surface area (Å²) in [7, 11) is -4.92. The van der Waals surface area contributed by atoms with Crippen molar-refractivity contribution < 1.29 is 22.6 Å². The summed E-state index contributed by atoms with van der Waals surface area (Å²) in [5.74, 6) is 0.942. The van der Waals surface area contributed by atoms with E-state index in [-0.39, 0.29) is 5.41 Å². The average molecular weight is 439 g/mol. The number of benzene rings is 1. The molecule has 156 valence electrons. The van der Waals surface area contributed by atoms with Crippen molar-refractivity contribution in [2.75, 3.05) is 0 Å². The van der Waals surface area contributed by atoms with Gasteiger partial charge >= 0.3 is 0 Å². The lowest BCUT2D eigenvalue weighted by Gasteiger charge is -2.41. The van der Waals surface area contributed by atoms with Gasteiger partial charge in [-0.05, 0) is 50.5 Å². The zero-order chi connectivity index (χ0) is 21.4. The number of aromatic nitrogens is 3. The molecule has 3 aromatic rings. The van der Waals surface area contributed by atoms with Crippen molar-refractivity contribution in [1.29, 1.82) is 0 Å². The lowest BCUT2D eigenvalue weighted by atomic mass is 9.64. The standard InChI is InChI=1S/C19H20ClN3O.H2O4S/c1-18(2,24)15-5-3-12-23-16(15)21-22-17(23)19(10-4-11-19)13-6-8-14(20)9-7-13;1-5(2,3)4/h3,5-9,12,24H,4,10-11H2,1-2H3;(H2,1,2,3,4)/p-1. The third kappa shape index (κ3) is 4.59. The maximum Gasteiger partial charge on any atom is 0.215 e. The van der Waals surface area contributed by atoms with Gasteiger partial charge in [0.25, 0.3) is 0 Å². The Morgan fingerprint density at radius 3 is 2.24 bits per heavy atom. The highest BCUT2D eigenvalue weighted by molar-refractivity contribution is 7.79. The van der Waals surface area contributed by atoms with E-state index in [1.807, 2.05) is 34.9 Å². The van der Waals surface area contributed by atoms with Crippen LogP contribution in [0.15, 0.2) is 42.6 Å². The van der Waals surface area contributed by atoms with E-state index in [2.05, 4.69) is 22.3 Å². The van der Waals surface area contributed by atoms with Gasteiger partial charge in [-0.15, -0.1) is 10.2 Å². The molecule has 0 amide bonds. The Labute approximate surface area is 173 Å². The first-order valence-corrected chi connectivity index (χ1v) is 10.7. The number of pyridine rings is 1. The molecule has 0 saturated heterocycles. The Balaban J connectivity index is 0.000000431. The average Bonchev–Trinajstić information content (AvgIpc) is 2.97. The summed E-state index contributed by atoms with van der Waals surface area (Å²) < 4.78 is 34.9. The molecule has 10 heteroatoms. The molecule has 1 aromatic carbocycles. The summed E-state index contributed by atoms with van der Waals surface area (Å²) in [4.78, 5) is 0. The van der Waals surface area contributed by atoms with Crippen molar-refractivity contribution in [3.63, 3.8) is 0 Å². The molecule has 0 atom stereocenters. The van der Waals surface area contributed by atoms with Gasteiger partial charge in [-0.1, -0.05) is 36.2 Å². The number of fused-ring (bicyclic) bond motifs is 1. The molecule has 8 nitrogen and oxygen atoms in total. The van der Waals surface area contributed by atoms with Crippen LogP contribution in [0.1, 0.15) is 50.1 Å². The van der Waals surface area contributed by atoms with Gasteiger partial charge in [-0.25, -0.2) is 8.42 Å². The van der Waals surface area contributed by atoms with Gasteiger partial charge < -0.3 is 9.66 Å². The van der Waals surface area contributed by atoms with Crippen LogP contribution >= 0.6 is 11.6 Å². The quantitative estimate of drug-likeness (QED) is 0.475. The van der Waals surface area contributed by atoms with Crippen LogP contribution in [-0.4, -0.2) is 37.2 Å². The van der Waals surface area contributed by atoms with Gasteiger partial charge in [0.05, 0.1) is 11.0 Å². The maximum absolute atomic E-state index is 10.4. The van der Waals surface area contributed by atoms with E-state index >= 15 is 0 Å². The summed E-state index contributed by atoms with van der Waals surface area (Å²) in [6.45, 7) is 3.55. The van der Waals surface area contributed by atoms with Crippen LogP contribution in [0.3, 0.4) is 0 Å². The highest BCUT2D eigenvalue weighted by Gasteiger charge is 2.44. The van der Waals surface area contributed by atoms with Crippen LogP contribution in [0.5, 0.6) is 0 Å². The predicted molar refractivity (Wildman–Crippen MR) is 107 cm³/mol. The van der Waals surface area contributed by atoms with Gasteiger partial charge in [0, 0.05) is 16.8 Å². The molecule has 2 N–H and O–H groups in total. The van der Waals surface area contributed by atoms with Crippen LogP contribution < -0.4 is 0 Å². The lowest BCUT2D eigenvalue weighted by Crippen LogP contribution is -2.37. The molecule has 0 bridgehead atoms. The number of rotatable bonds is 3. The molecule has 4 rings (SSSR count). The summed E-state index contributed by atoms with van der Waals surface area (Å²) in [6.07, 6.45) is 5.24. The van der Waals surface area contributed by atoms with E-state index in [1.54, 1.807) is 13.8 Å². The van der Waals surface area contributed by atoms with E-state index in [9.17, 15) is 5.11 Å². The summed E-state index contributed by atoms with van der Waals surface area (Å²) >= 11 is 6.05. The van der Waals surface area contributed by atoms with Crippen LogP contribution in [0, 0.1) is 0 Å². The van der Waals surface area contributed by atoms with E-state index < -0.39 is 16.0 Å². The Bertz CT molecular complexity index is 1110. The third-order valence-corrected chi connectivity index (χ3v) is 5.38. The Morgan fingerprint density at radius 2 is 1.76 bits per heavy atom. The molecule has 29 heavy (non-hydrogen) atoms. The number of aliphatic hydroxyl groups is 1. The summed E-state index contributed by atoms with van der Waals surface area (Å²) in [5.41, 5.74) is 1.65.